The monoisotopic (exact) mass is 356 g/mol. The summed E-state index contributed by atoms with van der Waals surface area (Å²) in [6.45, 7) is 2.62. The zero-order valence-electron chi connectivity index (χ0n) is 13.7. The van der Waals surface area contributed by atoms with Gasteiger partial charge in [-0.1, -0.05) is 23.7 Å². The highest BCUT2D eigenvalue weighted by molar-refractivity contribution is 6.30. The van der Waals surface area contributed by atoms with E-state index >= 15 is 0 Å². The van der Waals surface area contributed by atoms with E-state index in [1.807, 2.05) is 31.2 Å². The van der Waals surface area contributed by atoms with Gasteiger partial charge in [-0.05, 0) is 48.9 Å². The minimum absolute atomic E-state index is 0.178. The van der Waals surface area contributed by atoms with Gasteiger partial charge in [-0.2, -0.15) is 5.26 Å². The molecule has 128 valence electrons. The van der Waals surface area contributed by atoms with Crippen molar-refractivity contribution in [2.75, 3.05) is 13.2 Å². The van der Waals surface area contributed by atoms with E-state index in [1.165, 1.54) is 6.08 Å². The number of hydrogen-bond donors (Lipinski definition) is 1. The smallest absolute Gasteiger partial charge is 0.259 e. The predicted molar refractivity (Wildman–Crippen MR) is 96.4 cm³/mol. The van der Waals surface area contributed by atoms with Crippen molar-refractivity contribution in [3.05, 3.63) is 64.2 Å². The first-order valence-corrected chi connectivity index (χ1v) is 7.91. The highest BCUT2D eigenvalue weighted by Crippen LogP contribution is 2.25. The van der Waals surface area contributed by atoms with E-state index in [-0.39, 0.29) is 12.2 Å². The highest BCUT2D eigenvalue weighted by Gasteiger charge is 2.08. The molecule has 0 aliphatic carbocycles. The van der Waals surface area contributed by atoms with Gasteiger partial charge in [0.1, 0.15) is 36.4 Å². The molecule has 0 radical (unpaired) electrons. The molecular formula is C19H17ClN2O3. The molecular weight excluding hydrogens is 340 g/mol. The minimum atomic E-state index is -0.809. The highest BCUT2D eigenvalue weighted by atomic mass is 35.5. The molecule has 2 N–H and O–H groups in total. The number of aryl methyl sites for hydroxylation is 1. The molecule has 0 heterocycles. The van der Waals surface area contributed by atoms with E-state index < -0.39 is 5.91 Å². The number of rotatable bonds is 7. The molecule has 25 heavy (non-hydrogen) atoms. The lowest BCUT2D eigenvalue weighted by Crippen LogP contribution is -2.13. The molecule has 0 aromatic heterocycles. The lowest BCUT2D eigenvalue weighted by Gasteiger charge is -2.11. The van der Waals surface area contributed by atoms with Crippen LogP contribution in [0.5, 0.6) is 11.5 Å². The SMILES string of the molecule is Cc1cccc(OCCOc2ccc(Cl)cc2/C=C(/C#N)C(N)=O)c1. The zero-order chi connectivity index (χ0) is 18.2. The lowest BCUT2D eigenvalue weighted by molar-refractivity contribution is -0.114. The molecule has 6 heteroatoms. The number of primary amides is 1. The fraction of sp³-hybridized carbons (Fsp3) is 0.158. The molecule has 0 aliphatic rings. The molecule has 2 aromatic rings. The summed E-state index contributed by atoms with van der Waals surface area (Å²) in [6, 6.07) is 14.4. The largest absolute Gasteiger partial charge is 0.490 e. The number of carbonyl (C=O) groups excluding carboxylic acids is 1. The second-order valence-electron chi connectivity index (χ2n) is 5.23. The van der Waals surface area contributed by atoms with E-state index in [0.29, 0.717) is 22.9 Å². The Kier molecular flexibility index (Phi) is 6.44. The molecule has 2 rings (SSSR count). The van der Waals surface area contributed by atoms with Gasteiger partial charge in [0.2, 0.25) is 0 Å². The molecule has 0 fully saturated rings. The van der Waals surface area contributed by atoms with Crippen molar-refractivity contribution in [1.82, 2.24) is 0 Å². The predicted octanol–water partition coefficient (Wildman–Crippen LogP) is 3.50. The van der Waals surface area contributed by atoms with E-state index in [0.717, 1.165) is 11.3 Å². The van der Waals surface area contributed by atoms with Gasteiger partial charge in [0.15, 0.2) is 0 Å². The molecule has 0 aliphatic heterocycles. The first kappa shape index (κ1) is 18.4. The first-order valence-electron chi connectivity index (χ1n) is 7.53. The van der Waals surface area contributed by atoms with Crippen LogP contribution >= 0.6 is 11.6 Å². The quantitative estimate of drug-likeness (QED) is 0.467. The molecule has 0 unspecified atom stereocenters. The Bertz CT molecular complexity index is 841. The molecule has 0 spiro atoms. The minimum Gasteiger partial charge on any atom is -0.490 e. The van der Waals surface area contributed by atoms with E-state index in [4.69, 9.17) is 32.1 Å². The Morgan fingerprint density at radius 3 is 2.68 bits per heavy atom. The summed E-state index contributed by atoms with van der Waals surface area (Å²) in [5.41, 5.74) is 6.59. The Balaban J connectivity index is 2.04. The summed E-state index contributed by atoms with van der Waals surface area (Å²) >= 11 is 5.97. The number of nitrogens with zero attached hydrogens (tertiary/aromatic N) is 1. The fourth-order valence-electron chi connectivity index (χ4n) is 2.09. The topological polar surface area (TPSA) is 85.3 Å². The van der Waals surface area contributed by atoms with Gasteiger partial charge in [-0.25, -0.2) is 0 Å². The van der Waals surface area contributed by atoms with E-state index in [1.54, 1.807) is 24.3 Å². The van der Waals surface area contributed by atoms with Gasteiger partial charge in [0, 0.05) is 10.6 Å². The average molecular weight is 357 g/mol. The number of carbonyl (C=O) groups is 1. The summed E-state index contributed by atoms with van der Waals surface area (Å²) in [5, 5.41) is 9.42. The van der Waals surface area contributed by atoms with Crippen molar-refractivity contribution in [1.29, 1.82) is 5.26 Å². The molecule has 5 nitrogen and oxygen atoms in total. The third kappa shape index (κ3) is 5.55. The van der Waals surface area contributed by atoms with E-state index in [2.05, 4.69) is 0 Å². The molecule has 0 bridgehead atoms. The van der Waals surface area contributed by atoms with Crippen LogP contribution in [0.2, 0.25) is 5.02 Å². The Morgan fingerprint density at radius 2 is 2.00 bits per heavy atom. The summed E-state index contributed by atoms with van der Waals surface area (Å²) in [5.74, 6) is 0.433. The lowest BCUT2D eigenvalue weighted by atomic mass is 10.1. The van der Waals surface area contributed by atoms with Gasteiger partial charge in [0.05, 0.1) is 0 Å². The summed E-state index contributed by atoms with van der Waals surface area (Å²) < 4.78 is 11.3. The zero-order valence-corrected chi connectivity index (χ0v) is 14.4. The normalized spacial score (nSPS) is 10.8. The molecule has 0 saturated heterocycles. The van der Waals surface area contributed by atoms with Crippen molar-refractivity contribution in [2.24, 2.45) is 5.73 Å². The molecule has 0 atom stereocenters. The Labute approximate surface area is 151 Å². The van der Waals surface area contributed by atoms with Crippen LogP contribution in [-0.2, 0) is 4.79 Å². The number of amides is 1. The van der Waals surface area contributed by atoms with Crippen molar-refractivity contribution < 1.29 is 14.3 Å². The van der Waals surface area contributed by atoms with Crippen LogP contribution in [-0.4, -0.2) is 19.1 Å². The van der Waals surface area contributed by atoms with Crippen molar-refractivity contribution in [3.63, 3.8) is 0 Å². The second-order valence-corrected chi connectivity index (χ2v) is 5.67. The molecule has 0 saturated carbocycles. The Morgan fingerprint density at radius 1 is 1.24 bits per heavy atom. The summed E-state index contributed by atoms with van der Waals surface area (Å²) in [6.07, 6.45) is 1.35. The van der Waals surface area contributed by atoms with Crippen molar-refractivity contribution in [3.8, 4) is 17.6 Å². The van der Waals surface area contributed by atoms with Crippen LogP contribution in [0.15, 0.2) is 48.0 Å². The van der Waals surface area contributed by atoms with Crippen LogP contribution in [0.3, 0.4) is 0 Å². The van der Waals surface area contributed by atoms with Crippen LogP contribution < -0.4 is 15.2 Å². The maximum atomic E-state index is 11.2. The van der Waals surface area contributed by atoms with Crippen LogP contribution in [0.4, 0.5) is 0 Å². The third-order valence-electron chi connectivity index (χ3n) is 3.26. The van der Waals surface area contributed by atoms with Gasteiger partial charge < -0.3 is 15.2 Å². The molecule has 1 amide bonds. The van der Waals surface area contributed by atoms with Crippen molar-refractivity contribution >= 4 is 23.6 Å². The van der Waals surface area contributed by atoms with Gasteiger partial charge in [0.25, 0.3) is 5.91 Å². The number of benzene rings is 2. The standard InChI is InChI=1S/C19H17ClN2O3/c1-13-3-2-4-17(9-13)24-7-8-25-18-6-5-16(20)11-14(18)10-15(12-21)19(22)23/h2-6,9-11H,7-8H2,1H3,(H2,22,23)/b15-10-. The second kappa shape index (κ2) is 8.76. The third-order valence-corrected chi connectivity index (χ3v) is 3.49. The van der Waals surface area contributed by atoms with Gasteiger partial charge >= 0.3 is 0 Å². The van der Waals surface area contributed by atoms with Gasteiger partial charge in [-0.3, -0.25) is 4.79 Å². The summed E-state index contributed by atoms with van der Waals surface area (Å²) in [4.78, 5) is 11.2. The van der Waals surface area contributed by atoms with E-state index in [9.17, 15) is 4.79 Å². The number of halogens is 1. The fourth-order valence-corrected chi connectivity index (χ4v) is 2.27. The number of nitrogens with two attached hydrogens (primary N) is 1. The Hall–Kier alpha value is -2.97. The van der Waals surface area contributed by atoms with Crippen LogP contribution in [0.1, 0.15) is 11.1 Å². The van der Waals surface area contributed by atoms with Crippen LogP contribution in [0, 0.1) is 18.3 Å². The maximum absolute atomic E-state index is 11.2. The first-order chi connectivity index (χ1) is 12.0. The summed E-state index contributed by atoms with van der Waals surface area (Å²) in [7, 11) is 0. The number of ether oxygens (including phenoxy) is 2. The maximum Gasteiger partial charge on any atom is 0.259 e. The number of nitriles is 1. The average Bonchev–Trinajstić information content (AvgIpc) is 2.57. The van der Waals surface area contributed by atoms with Crippen LogP contribution in [0.25, 0.3) is 6.08 Å². The molecule has 2 aromatic carbocycles. The number of hydrogen-bond acceptors (Lipinski definition) is 4. The van der Waals surface area contributed by atoms with Crippen molar-refractivity contribution in [2.45, 2.75) is 6.92 Å². The van der Waals surface area contributed by atoms with Gasteiger partial charge in [-0.15, -0.1) is 0 Å².